The van der Waals surface area contributed by atoms with Gasteiger partial charge in [-0.05, 0) is 18.2 Å². The molecule has 0 aliphatic heterocycles. The highest BCUT2D eigenvalue weighted by Gasteiger charge is 2.23. The molecule has 0 atom stereocenters. The summed E-state index contributed by atoms with van der Waals surface area (Å²) in [6.07, 6.45) is 1.59. The van der Waals surface area contributed by atoms with E-state index >= 15 is 0 Å². The average Bonchev–Trinajstić information content (AvgIpc) is 3.15. The fourth-order valence-corrected chi connectivity index (χ4v) is 2.44. The van der Waals surface area contributed by atoms with Gasteiger partial charge in [-0.3, -0.25) is 4.79 Å². The summed E-state index contributed by atoms with van der Waals surface area (Å²) < 4.78 is 16.3. The minimum Gasteiger partial charge on any atom is -0.467 e. The van der Waals surface area contributed by atoms with E-state index in [1.807, 2.05) is 30.3 Å². The van der Waals surface area contributed by atoms with Crippen LogP contribution in [-0.2, 0) is 17.9 Å². The van der Waals surface area contributed by atoms with Crippen molar-refractivity contribution in [1.82, 2.24) is 4.90 Å². The van der Waals surface area contributed by atoms with Gasteiger partial charge in [-0.1, -0.05) is 18.2 Å². The maximum absolute atomic E-state index is 12.7. The summed E-state index contributed by atoms with van der Waals surface area (Å²) >= 11 is 0. The Labute approximate surface area is 128 Å². The molecular weight excluding hydrogens is 282 g/mol. The second-order valence-electron chi connectivity index (χ2n) is 5.08. The molecule has 2 heterocycles. The first kappa shape index (κ1) is 14.4. The molecule has 0 spiro atoms. The largest absolute Gasteiger partial charge is 0.467 e. The SMILES string of the molecule is COCc1c(C(=O)N(C)Cc2ccco2)oc2ccccc12. The third-order valence-corrected chi connectivity index (χ3v) is 3.50. The number of carbonyl (C=O) groups is 1. The zero-order valence-corrected chi connectivity index (χ0v) is 12.5. The van der Waals surface area contributed by atoms with E-state index in [4.69, 9.17) is 13.6 Å². The molecule has 0 saturated carbocycles. The number of hydrogen-bond donors (Lipinski definition) is 0. The van der Waals surface area contributed by atoms with E-state index in [1.54, 1.807) is 31.4 Å². The third kappa shape index (κ3) is 2.63. The van der Waals surface area contributed by atoms with Gasteiger partial charge in [0.2, 0.25) is 0 Å². The predicted molar refractivity (Wildman–Crippen MR) is 81.4 cm³/mol. The van der Waals surface area contributed by atoms with Crippen LogP contribution in [0.15, 0.2) is 51.5 Å². The van der Waals surface area contributed by atoms with Crippen LogP contribution in [0.1, 0.15) is 21.9 Å². The van der Waals surface area contributed by atoms with Gasteiger partial charge in [-0.15, -0.1) is 0 Å². The van der Waals surface area contributed by atoms with Crippen molar-refractivity contribution in [3.05, 3.63) is 59.7 Å². The number of methoxy groups -OCH3 is 1. The van der Waals surface area contributed by atoms with Crippen molar-refractivity contribution in [2.24, 2.45) is 0 Å². The molecule has 114 valence electrons. The molecule has 22 heavy (non-hydrogen) atoms. The Morgan fingerprint density at radius 2 is 2.05 bits per heavy atom. The van der Waals surface area contributed by atoms with Gasteiger partial charge in [0.05, 0.1) is 19.4 Å². The van der Waals surface area contributed by atoms with E-state index in [0.717, 1.165) is 16.7 Å². The van der Waals surface area contributed by atoms with E-state index in [1.165, 1.54) is 0 Å². The molecule has 0 aliphatic rings. The number of furan rings is 2. The van der Waals surface area contributed by atoms with Crippen molar-refractivity contribution >= 4 is 16.9 Å². The Morgan fingerprint density at radius 1 is 1.23 bits per heavy atom. The zero-order valence-electron chi connectivity index (χ0n) is 12.5. The van der Waals surface area contributed by atoms with Crippen LogP contribution in [0.25, 0.3) is 11.0 Å². The highest BCUT2D eigenvalue weighted by Crippen LogP contribution is 2.27. The van der Waals surface area contributed by atoms with Gasteiger partial charge in [0.1, 0.15) is 11.3 Å². The summed E-state index contributed by atoms with van der Waals surface area (Å²) in [5.41, 5.74) is 1.46. The standard InChI is InChI=1S/C17H17NO4/c1-18(10-12-6-5-9-21-12)17(19)16-14(11-20-2)13-7-3-4-8-15(13)22-16/h3-9H,10-11H2,1-2H3. The van der Waals surface area contributed by atoms with Crippen molar-refractivity contribution in [2.75, 3.05) is 14.2 Å². The number of nitrogens with zero attached hydrogens (tertiary/aromatic N) is 1. The average molecular weight is 299 g/mol. The second-order valence-corrected chi connectivity index (χ2v) is 5.08. The number of para-hydroxylation sites is 1. The smallest absolute Gasteiger partial charge is 0.290 e. The van der Waals surface area contributed by atoms with Gasteiger partial charge < -0.3 is 18.5 Å². The Morgan fingerprint density at radius 3 is 2.77 bits per heavy atom. The normalized spacial score (nSPS) is 11.0. The molecule has 0 unspecified atom stereocenters. The number of amides is 1. The van der Waals surface area contributed by atoms with Crippen molar-refractivity contribution in [1.29, 1.82) is 0 Å². The zero-order chi connectivity index (χ0) is 15.5. The van der Waals surface area contributed by atoms with Crippen LogP contribution in [0.4, 0.5) is 0 Å². The Kier molecular flexibility index (Phi) is 3.98. The number of ether oxygens (including phenoxy) is 1. The molecule has 5 heteroatoms. The van der Waals surface area contributed by atoms with Crippen molar-refractivity contribution in [3.63, 3.8) is 0 Å². The molecule has 5 nitrogen and oxygen atoms in total. The van der Waals surface area contributed by atoms with Gasteiger partial charge >= 0.3 is 0 Å². The molecule has 0 aliphatic carbocycles. The maximum Gasteiger partial charge on any atom is 0.290 e. The number of benzene rings is 1. The first-order valence-corrected chi connectivity index (χ1v) is 6.98. The van der Waals surface area contributed by atoms with Crippen molar-refractivity contribution in [2.45, 2.75) is 13.2 Å². The van der Waals surface area contributed by atoms with Gasteiger partial charge in [0, 0.05) is 25.1 Å². The minimum atomic E-state index is -0.195. The molecule has 0 saturated heterocycles. The number of hydrogen-bond acceptors (Lipinski definition) is 4. The van der Waals surface area contributed by atoms with Gasteiger partial charge in [-0.25, -0.2) is 0 Å². The van der Waals surface area contributed by atoms with Crippen LogP contribution in [0.3, 0.4) is 0 Å². The fraction of sp³-hybridized carbons (Fsp3) is 0.235. The molecule has 0 N–H and O–H groups in total. The molecule has 1 amide bonds. The van der Waals surface area contributed by atoms with E-state index in [0.29, 0.717) is 24.5 Å². The lowest BCUT2D eigenvalue weighted by Gasteiger charge is -2.14. The molecule has 0 bridgehead atoms. The van der Waals surface area contributed by atoms with E-state index in [2.05, 4.69) is 0 Å². The fourth-order valence-electron chi connectivity index (χ4n) is 2.44. The Bertz CT molecular complexity index is 773. The lowest BCUT2D eigenvalue weighted by Crippen LogP contribution is -2.26. The highest BCUT2D eigenvalue weighted by molar-refractivity contribution is 5.98. The molecule has 3 aromatic rings. The molecule has 2 aromatic heterocycles. The summed E-state index contributed by atoms with van der Waals surface area (Å²) in [6.45, 7) is 0.710. The Balaban J connectivity index is 1.94. The first-order valence-electron chi connectivity index (χ1n) is 6.98. The van der Waals surface area contributed by atoms with Gasteiger partial charge in [0.15, 0.2) is 5.76 Å². The second kappa shape index (κ2) is 6.07. The molecule has 0 radical (unpaired) electrons. The monoisotopic (exact) mass is 299 g/mol. The maximum atomic E-state index is 12.7. The number of fused-ring (bicyclic) bond motifs is 1. The van der Waals surface area contributed by atoms with Gasteiger partial charge in [0.25, 0.3) is 5.91 Å². The van der Waals surface area contributed by atoms with Crippen molar-refractivity contribution in [3.8, 4) is 0 Å². The van der Waals surface area contributed by atoms with Crippen LogP contribution < -0.4 is 0 Å². The topological polar surface area (TPSA) is 55.8 Å². The predicted octanol–water partition coefficient (Wildman–Crippen LogP) is 3.44. The van der Waals surface area contributed by atoms with E-state index in [-0.39, 0.29) is 5.91 Å². The lowest BCUT2D eigenvalue weighted by atomic mass is 10.1. The lowest BCUT2D eigenvalue weighted by molar-refractivity contribution is 0.0739. The van der Waals surface area contributed by atoms with Crippen LogP contribution in [-0.4, -0.2) is 25.0 Å². The Hall–Kier alpha value is -2.53. The quantitative estimate of drug-likeness (QED) is 0.724. The molecule has 1 aromatic carbocycles. The van der Waals surface area contributed by atoms with Crippen LogP contribution in [0, 0.1) is 0 Å². The number of rotatable bonds is 5. The first-order chi connectivity index (χ1) is 10.7. The molecule has 0 fully saturated rings. The summed E-state index contributed by atoms with van der Waals surface area (Å²) in [4.78, 5) is 14.2. The summed E-state index contributed by atoms with van der Waals surface area (Å²) in [5, 5.41) is 0.902. The molecular formula is C17H17NO4. The minimum absolute atomic E-state index is 0.195. The van der Waals surface area contributed by atoms with E-state index in [9.17, 15) is 4.79 Å². The summed E-state index contributed by atoms with van der Waals surface area (Å²) in [6, 6.07) is 11.2. The summed E-state index contributed by atoms with van der Waals surface area (Å²) in [7, 11) is 3.32. The van der Waals surface area contributed by atoms with Crippen LogP contribution in [0.5, 0.6) is 0 Å². The van der Waals surface area contributed by atoms with Crippen LogP contribution >= 0.6 is 0 Å². The number of carbonyl (C=O) groups excluding carboxylic acids is 1. The van der Waals surface area contributed by atoms with Crippen molar-refractivity contribution < 1.29 is 18.4 Å². The molecule has 3 rings (SSSR count). The van der Waals surface area contributed by atoms with Crippen LogP contribution in [0.2, 0.25) is 0 Å². The van der Waals surface area contributed by atoms with E-state index < -0.39 is 0 Å². The third-order valence-electron chi connectivity index (χ3n) is 3.50. The highest BCUT2D eigenvalue weighted by atomic mass is 16.5. The van der Waals surface area contributed by atoms with Gasteiger partial charge in [-0.2, -0.15) is 0 Å². The summed E-state index contributed by atoms with van der Waals surface area (Å²) in [5.74, 6) is 0.844.